The largest absolute Gasteiger partial charge is 0.379 e. The number of hydrogen-bond acceptors (Lipinski definition) is 4. The first-order chi connectivity index (χ1) is 9.82. The van der Waals surface area contributed by atoms with Gasteiger partial charge in [0.2, 0.25) is 10.0 Å². The first-order valence-electron chi connectivity index (χ1n) is 6.80. The predicted octanol–water partition coefficient (Wildman–Crippen LogP) is 0.940. The number of rotatable bonds is 4. The van der Waals surface area contributed by atoms with E-state index in [9.17, 15) is 13.2 Å². The van der Waals surface area contributed by atoms with E-state index >= 15 is 0 Å². The molecule has 0 radical (unpaired) electrons. The van der Waals surface area contributed by atoms with Crippen LogP contribution in [-0.4, -0.2) is 33.6 Å². The lowest BCUT2D eigenvalue weighted by molar-refractivity contribution is 0.0721. The Morgan fingerprint density at radius 2 is 2.10 bits per heavy atom. The van der Waals surface area contributed by atoms with Gasteiger partial charge in [-0.05, 0) is 43.9 Å². The van der Waals surface area contributed by atoms with Gasteiger partial charge in [0, 0.05) is 12.7 Å². The maximum Gasteiger partial charge on any atom is 0.251 e. The van der Waals surface area contributed by atoms with Gasteiger partial charge in [0.05, 0.1) is 17.0 Å². The predicted molar refractivity (Wildman–Crippen MR) is 78.5 cm³/mol. The molecule has 0 saturated heterocycles. The highest BCUT2D eigenvalue weighted by Crippen LogP contribution is 2.22. The van der Waals surface area contributed by atoms with Gasteiger partial charge in [-0.15, -0.1) is 0 Å². The fraction of sp³-hybridized carbons (Fsp3) is 0.500. The Bertz CT molecular complexity index is 642. The van der Waals surface area contributed by atoms with Gasteiger partial charge in [-0.1, -0.05) is 6.07 Å². The third-order valence-corrected chi connectivity index (χ3v) is 4.76. The monoisotopic (exact) mass is 312 g/mol. The van der Waals surface area contributed by atoms with Crippen LogP contribution in [0.2, 0.25) is 0 Å². The van der Waals surface area contributed by atoms with Gasteiger partial charge in [-0.25, -0.2) is 13.6 Å². The molecule has 3 N–H and O–H groups in total. The van der Waals surface area contributed by atoms with Gasteiger partial charge in [0.25, 0.3) is 5.91 Å². The van der Waals surface area contributed by atoms with Gasteiger partial charge < -0.3 is 10.1 Å². The minimum Gasteiger partial charge on any atom is -0.379 e. The number of amides is 1. The first-order valence-corrected chi connectivity index (χ1v) is 8.34. The second kappa shape index (κ2) is 6.13. The molecule has 0 aliphatic heterocycles. The highest BCUT2D eigenvalue weighted by Gasteiger charge is 2.29. The van der Waals surface area contributed by atoms with E-state index in [4.69, 9.17) is 9.88 Å². The Balaban J connectivity index is 2.23. The van der Waals surface area contributed by atoms with Crippen molar-refractivity contribution in [1.29, 1.82) is 0 Å². The molecule has 0 aromatic heterocycles. The maximum atomic E-state index is 12.4. The van der Waals surface area contributed by atoms with Gasteiger partial charge in [-0.3, -0.25) is 4.79 Å². The standard InChI is InChI=1S/C14H20N2O4S/c1-9-6-7-10(21(15,18)19)8-11(9)14(17)16-12-4-3-5-13(12)20-2/h6-8,12-13H,3-5H2,1-2H3,(H,16,17)(H2,15,18,19). The van der Waals surface area contributed by atoms with Crippen LogP contribution < -0.4 is 10.5 Å². The summed E-state index contributed by atoms with van der Waals surface area (Å²) in [6.45, 7) is 1.75. The normalized spacial score (nSPS) is 22.2. The van der Waals surface area contributed by atoms with Gasteiger partial charge in [0.15, 0.2) is 0 Å². The third kappa shape index (κ3) is 3.61. The Labute approximate surface area is 124 Å². The van der Waals surface area contributed by atoms with E-state index in [1.165, 1.54) is 12.1 Å². The highest BCUT2D eigenvalue weighted by atomic mass is 32.2. The Morgan fingerprint density at radius 3 is 2.71 bits per heavy atom. The third-order valence-electron chi connectivity index (χ3n) is 3.85. The van der Waals surface area contributed by atoms with Crippen molar-refractivity contribution in [1.82, 2.24) is 5.32 Å². The maximum absolute atomic E-state index is 12.4. The van der Waals surface area contributed by atoms with E-state index in [-0.39, 0.29) is 22.9 Å². The zero-order valence-corrected chi connectivity index (χ0v) is 12.9. The van der Waals surface area contributed by atoms with Gasteiger partial charge in [-0.2, -0.15) is 0 Å². The van der Waals surface area contributed by atoms with Crippen molar-refractivity contribution < 1.29 is 17.9 Å². The van der Waals surface area contributed by atoms with Crippen molar-refractivity contribution in [2.45, 2.75) is 43.2 Å². The summed E-state index contributed by atoms with van der Waals surface area (Å²) in [6, 6.07) is 4.25. The summed E-state index contributed by atoms with van der Waals surface area (Å²) in [5.41, 5.74) is 1.02. The molecular weight excluding hydrogens is 292 g/mol. The summed E-state index contributed by atoms with van der Waals surface area (Å²) >= 11 is 0. The summed E-state index contributed by atoms with van der Waals surface area (Å²) in [5, 5.41) is 8.02. The number of nitrogens with one attached hydrogen (secondary N) is 1. The fourth-order valence-corrected chi connectivity index (χ4v) is 3.18. The molecule has 0 bridgehead atoms. The molecule has 1 saturated carbocycles. The van der Waals surface area contributed by atoms with Crippen molar-refractivity contribution in [3.05, 3.63) is 29.3 Å². The zero-order valence-electron chi connectivity index (χ0n) is 12.1. The van der Waals surface area contributed by atoms with E-state index in [1.807, 2.05) is 0 Å². The Hall–Kier alpha value is -1.44. The Morgan fingerprint density at radius 1 is 1.38 bits per heavy atom. The van der Waals surface area contributed by atoms with Crippen LogP contribution in [0.25, 0.3) is 0 Å². The number of carbonyl (C=O) groups excluding carboxylic acids is 1. The molecular formula is C14H20N2O4S. The van der Waals surface area contributed by atoms with Crippen molar-refractivity contribution in [3.63, 3.8) is 0 Å². The molecule has 1 aromatic rings. The van der Waals surface area contributed by atoms with Crippen molar-refractivity contribution >= 4 is 15.9 Å². The number of ether oxygens (including phenoxy) is 1. The molecule has 1 aromatic carbocycles. The first kappa shape index (κ1) is 15.9. The van der Waals surface area contributed by atoms with E-state index in [0.29, 0.717) is 11.1 Å². The van der Waals surface area contributed by atoms with E-state index in [0.717, 1.165) is 19.3 Å². The van der Waals surface area contributed by atoms with Crippen LogP contribution in [0.5, 0.6) is 0 Å². The summed E-state index contributed by atoms with van der Waals surface area (Å²) in [4.78, 5) is 12.3. The quantitative estimate of drug-likeness (QED) is 0.864. The molecule has 6 nitrogen and oxygen atoms in total. The molecule has 1 aliphatic carbocycles. The molecule has 0 heterocycles. The van der Waals surface area contributed by atoms with Crippen LogP contribution in [0.4, 0.5) is 0 Å². The molecule has 21 heavy (non-hydrogen) atoms. The van der Waals surface area contributed by atoms with E-state index in [2.05, 4.69) is 5.32 Å². The molecule has 2 atom stereocenters. The SMILES string of the molecule is COC1CCCC1NC(=O)c1cc(S(N)(=O)=O)ccc1C. The fourth-order valence-electron chi connectivity index (χ4n) is 2.64. The van der Waals surface area contributed by atoms with Crippen LogP contribution in [-0.2, 0) is 14.8 Å². The Kier molecular flexibility index (Phi) is 4.65. The minimum atomic E-state index is -3.82. The minimum absolute atomic E-state index is 0.00989. The number of nitrogens with two attached hydrogens (primary N) is 1. The smallest absolute Gasteiger partial charge is 0.251 e. The molecule has 7 heteroatoms. The second-order valence-electron chi connectivity index (χ2n) is 5.31. The molecule has 1 aliphatic rings. The lowest BCUT2D eigenvalue weighted by atomic mass is 10.1. The van der Waals surface area contributed by atoms with Crippen molar-refractivity contribution in [3.8, 4) is 0 Å². The molecule has 116 valence electrons. The van der Waals surface area contributed by atoms with Crippen LogP contribution in [0.1, 0.15) is 35.2 Å². The van der Waals surface area contributed by atoms with Crippen LogP contribution in [0.3, 0.4) is 0 Å². The highest BCUT2D eigenvalue weighted by molar-refractivity contribution is 7.89. The number of benzene rings is 1. The van der Waals surface area contributed by atoms with E-state index < -0.39 is 10.0 Å². The number of primary sulfonamides is 1. The van der Waals surface area contributed by atoms with Crippen LogP contribution >= 0.6 is 0 Å². The molecule has 1 fully saturated rings. The second-order valence-corrected chi connectivity index (χ2v) is 6.87. The summed E-state index contributed by atoms with van der Waals surface area (Å²) in [5.74, 6) is -0.299. The van der Waals surface area contributed by atoms with Crippen molar-refractivity contribution in [2.24, 2.45) is 5.14 Å². The lowest BCUT2D eigenvalue weighted by Crippen LogP contribution is -2.41. The molecule has 0 spiro atoms. The van der Waals surface area contributed by atoms with Gasteiger partial charge in [0.1, 0.15) is 0 Å². The molecule has 2 rings (SSSR count). The number of aryl methyl sites for hydroxylation is 1. The van der Waals surface area contributed by atoms with Gasteiger partial charge >= 0.3 is 0 Å². The summed E-state index contributed by atoms with van der Waals surface area (Å²) in [7, 11) is -2.20. The molecule has 2 unspecified atom stereocenters. The number of hydrogen-bond donors (Lipinski definition) is 2. The number of carbonyl (C=O) groups is 1. The average molecular weight is 312 g/mol. The number of methoxy groups -OCH3 is 1. The van der Waals surface area contributed by atoms with Crippen LogP contribution in [0, 0.1) is 6.92 Å². The lowest BCUT2D eigenvalue weighted by Gasteiger charge is -2.20. The zero-order chi connectivity index (χ0) is 15.6. The summed E-state index contributed by atoms with van der Waals surface area (Å²) in [6.07, 6.45) is 2.78. The van der Waals surface area contributed by atoms with E-state index in [1.54, 1.807) is 20.1 Å². The average Bonchev–Trinajstić information content (AvgIpc) is 2.84. The molecule has 1 amide bonds. The van der Waals surface area contributed by atoms with Crippen LogP contribution in [0.15, 0.2) is 23.1 Å². The topological polar surface area (TPSA) is 98.5 Å². The van der Waals surface area contributed by atoms with Crippen molar-refractivity contribution in [2.75, 3.05) is 7.11 Å². The number of sulfonamides is 1. The summed E-state index contributed by atoms with van der Waals surface area (Å²) < 4.78 is 28.1.